The van der Waals surface area contributed by atoms with Gasteiger partial charge in [0, 0.05) is 19.8 Å². The molecular formula is C18H21FN6O. The Kier molecular flexibility index (Phi) is 5.97. The third-order valence-electron chi connectivity index (χ3n) is 3.72. The third kappa shape index (κ3) is 4.69. The van der Waals surface area contributed by atoms with E-state index in [9.17, 15) is 4.39 Å². The van der Waals surface area contributed by atoms with Crippen LogP contribution in [0, 0.1) is 5.82 Å². The summed E-state index contributed by atoms with van der Waals surface area (Å²) in [5.74, 6) is 1.88. The molecule has 0 saturated heterocycles. The van der Waals surface area contributed by atoms with Crippen molar-refractivity contribution in [1.29, 1.82) is 0 Å². The van der Waals surface area contributed by atoms with E-state index in [0.29, 0.717) is 31.4 Å². The molecule has 26 heavy (non-hydrogen) atoms. The average Bonchev–Trinajstić information content (AvgIpc) is 3.08. The van der Waals surface area contributed by atoms with Gasteiger partial charge in [-0.3, -0.25) is 9.39 Å². The van der Waals surface area contributed by atoms with Crippen LogP contribution in [-0.4, -0.2) is 40.8 Å². The van der Waals surface area contributed by atoms with Gasteiger partial charge in [0.15, 0.2) is 17.4 Å². The molecule has 0 aliphatic heterocycles. The molecule has 0 amide bonds. The number of halogens is 1. The quantitative estimate of drug-likeness (QED) is 0.385. The van der Waals surface area contributed by atoms with E-state index in [-0.39, 0.29) is 5.82 Å². The van der Waals surface area contributed by atoms with Crippen molar-refractivity contribution in [3.8, 4) is 5.75 Å². The molecule has 2 N–H and O–H groups in total. The molecule has 0 fully saturated rings. The van der Waals surface area contributed by atoms with Crippen LogP contribution in [0.4, 0.5) is 4.39 Å². The van der Waals surface area contributed by atoms with Gasteiger partial charge in [-0.2, -0.15) is 0 Å². The Bertz CT molecular complexity index is 862. The van der Waals surface area contributed by atoms with E-state index < -0.39 is 0 Å². The topological polar surface area (TPSA) is 75.8 Å². The zero-order valence-corrected chi connectivity index (χ0v) is 14.5. The highest BCUT2D eigenvalue weighted by molar-refractivity contribution is 5.79. The largest absolute Gasteiger partial charge is 0.494 e. The van der Waals surface area contributed by atoms with E-state index in [0.717, 1.165) is 17.9 Å². The Morgan fingerprint density at radius 3 is 2.81 bits per heavy atom. The number of aromatic nitrogens is 3. The molecule has 2 aromatic heterocycles. The second kappa shape index (κ2) is 8.80. The van der Waals surface area contributed by atoms with Crippen LogP contribution in [0.5, 0.6) is 5.75 Å². The number of ether oxygens (including phenoxy) is 1. The summed E-state index contributed by atoms with van der Waals surface area (Å²) in [4.78, 5) is 4.19. The summed E-state index contributed by atoms with van der Waals surface area (Å²) in [5.41, 5.74) is 0.810. The average molecular weight is 356 g/mol. The number of benzene rings is 1. The maximum Gasteiger partial charge on any atom is 0.191 e. The zero-order chi connectivity index (χ0) is 18.2. The fourth-order valence-corrected chi connectivity index (χ4v) is 2.39. The van der Waals surface area contributed by atoms with Gasteiger partial charge in [0.2, 0.25) is 0 Å². The maximum absolute atomic E-state index is 12.8. The molecule has 0 aliphatic rings. The minimum absolute atomic E-state index is 0.269. The van der Waals surface area contributed by atoms with Crippen molar-refractivity contribution in [3.05, 3.63) is 60.3 Å². The van der Waals surface area contributed by atoms with Crippen LogP contribution < -0.4 is 15.4 Å². The summed E-state index contributed by atoms with van der Waals surface area (Å²) in [5, 5.41) is 14.7. The summed E-state index contributed by atoms with van der Waals surface area (Å²) >= 11 is 0. The summed E-state index contributed by atoms with van der Waals surface area (Å²) in [6, 6.07) is 11.8. The molecule has 0 unspecified atom stereocenters. The first-order valence-electron chi connectivity index (χ1n) is 8.38. The van der Waals surface area contributed by atoms with E-state index in [4.69, 9.17) is 4.74 Å². The van der Waals surface area contributed by atoms with Gasteiger partial charge < -0.3 is 15.4 Å². The Labute approximate surface area is 150 Å². The molecule has 0 spiro atoms. The fourth-order valence-electron chi connectivity index (χ4n) is 2.39. The van der Waals surface area contributed by atoms with Crippen LogP contribution in [0.3, 0.4) is 0 Å². The van der Waals surface area contributed by atoms with Gasteiger partial charge in [-0.15, -0.1) is 10.2 Å². The molecule has 0 atom stereocenters. The molecule has 3 aromatic rings. The SMILES string of the molecule is CN=C(NCCCOc1ccc(F)cc1)NCc1nnc2ccccn12. The first-order chi connectivity index (χ1) is 12.8. The smallest absolute Gasteiger partial charge is 0.191 e. The standard InChI is InChI=1S/C18H21FN6O/c1-20-18(21-10-4-12-26-15-8-6-14(19)7-9-15)22-13-17-24-23-16-5-2-3-11-25(16)17/h2-3,5-9,11H,4,10,12-13H2,1H3,(H2,20,21,22). The molecular weight excluding hydrogens is 335 g/mol. The van der Waals surface area contributed by atoms with Crippen molar-refractivity contribution in [2.45, 2.75) is 13.0 Å². The molecule has 3 rings (SSSR count). The van der Waals surface area contributed by atoms with Crippen molar-refractivity contribution in [1.82, 2.24) is 25.2 Å². The van der Waals surface area contributed by atoms with Gasteiger partial charge in [0.25, 0.3) is 0 Å². The molecule has 0 radical (unpaired) electrons. The number of hydrogen-bond donors (Lipinski definition) is 2. The van der Waals surface area contributed by atoms with E-state index in [1.54, 1.807) is 19.2 Å². The number of pyridine rings is 1. The minimum Gasteiger partial charge on any atom is -0.494 e. The zero-order valence-electron chi connectivity index (χ0n) is 14.5. The number of guanidine groups is 1. The summed E-state index contributed by atoms with van der Waals surface area (Å²) in [7, 11) is 1.71. The van der Waals surface area contributed by atoms with Gasteiger partial charge in [0.05, 0.1) is 13.2 Å². The normalized spacial score (nSPS) is 11.5. The van der Waals surface area contributed by atoms with Crippen molar-refractivity contribution >= 4 is 11.6 Å². The third-order valence-corrected chi connectivity index (χ3v) is 3.72. The van der Waals surface area contributed by atoms with Gasteiger partial charge in [-0.25, -0.2) is 4.39 Å². The molecule has 0 saturated carbocycles. The molecule has 0 bridgehead atoms. The van der Waals surface area contributed by atoms with Crippen LogP contribution in [0.15, 0.2) is 53.7 Å². The monoisotopic (exact) mass is 356 g/mol. The molecule has 0 aliphatic carbocycles. The molecule has 8 heteroatoms. The Morgan fingerprint density at radius 1 is 1.15 bits per heavy atom. The fraction of sp³-hybridized carbons (Fsp3) is 0.278. The van der Waals surface area contributed by atoms with Crippen molar-refractivity contribution in [3.63, 3.8) is 0 Å². The lowest BCUT2D eigenvalue weighted by atomic mass is 10.3. The predicted octanol–water partition coefficient (Wildman–Crippen LogP) is 2.00. The second-order valence-electron chi connectivity index (χ2n) is 5.55. The summed E-state index contributed by atoms with van der Waals surface area (Å²) in [6.07, 6.45) is 2.71. The van der Waals surface area contributed by atoms with Gasteiger partial charge in [0.1, 0.15) is 11.6 Å². The van der Waals surface area contributed by atoms with Crippen molar-refractivity contribution in [2.24, 2.45) is 4.99 Å². The maximum atomic E-state index is 12.8. The Balaban J connectivity index is 1.39. The first-order valence-corrected chi connectivity index (χ1v) is 8.38. The number of aliphatic imine (C=N–C) groups is 1. The number of rotatable bonds is 7. The highest BCUT2D eigenvalue weighted by atomic mass is 19.1. The Morgan fingerprint density at radius 2 is 2.00 bits per heavy atom. The number of nitrogens with one attached hydrogen (secondary N) is 2. The molecule has 1 aromatic carbocycles. The van der Waals surface area contributed by atoms with Crippen LogP contribution in [0.25, 0.3) is 5.65 Å². The van der Waals surface area contributed by atoms with Crippen LogP contribution >= 0.6 is 0 Å². The molecule has 2 heterocycles. The lowest BCUT2D eigenvalue weighted by Crippen LogP contribution is -2.38. The Hall–Kier alpha value is -3.16. The van der Waals surface area contributed by atoms with Gasteiger partial charge in [-0.05, 0) is 42.8 Å². The van der Waals surface area contributed by atoms with Crippen LogP contribution in [-0.2, 0) is 6.54 Å². The lowest BCUT2D eigenvalue weighted by molar-refractivity contribution is 0.310. The minimum atomic E-state index is -0.269. The van der Waals surface area contributed by atoms with E-state index in [1.807, 2.05) is 28.8 Å². The number of hydrogen-bond acceptors (Lipinski definition) is 4. The predicted molar refractivity (Wildman–Crippen MR) is 97.7 cm³/mol. The van der Waals surface area contributed by atoms with Crippen molar-refractivity contribution in [2.75, 3.05) is 20.2 Å². The van der Waals surface area contributed by atoms with Crippen molar-refractivity contribution < 1.29 is 9.13 Å². The summed E-state index contributed by atoms with van der Waals surface area (Å²) < 4.78 is 20.3. The first kappa shape index (κ1) is 17.7. The molecule has 7 nitrogen and oxygen atoms in total. The van der Waals surface area contributed by atoms with E-state index in [2.05, 4.69) is 25.8 Å². The van der Waals surface area contributed by atoms with Crippen LogP contribution in [0.1, 0.15) is 12.2 Å². The van der Waals surface area contributed by atoms with Gasteiger partial charge in [-0.1, -0.05) is 6.07 Å². The highest BCUT2D eigenvalue weighted by Crippen LogP contribution is 2.10. The van der Waals surface area contributed by atoms with E-state index >= 15 is 0 Å². The highest BCUT2D eigenvalue weighted by Gasteiger charge is 2.05. The number of nitrogens with zero attached hydrogens (tertiary/aromatic N) is 4. The lowest BCUT2D eigenvalue weighted by Gasteiger charge is -2.11. The summed E-state index contributed by atoms with van der Waals surface area (Å²) in [6.45, 7) is 1.74. The molecule has 136 valence electrons. The van der Waals surface area contributed by atoms with Gasteiger partial charge >= 0.3 is 0 Å². The number of fused-ring (bicyclic) bond motifs is 1. The second-order valence-corrected chi connectivity index (χ2v) is 5.55. The van der Waals surface area contributed by atoms with E-state index in [1.165, 1.54) is 12.1 Å². The van der Waals surface area contributed by atoms with Crippen LogP contribution in [0.2, 0.25) is 0 Å².